The van der Waals surface area contributed by atoms with Gasteiger partial charge in [-0.15, -0.1) is 11.3 Å². The van der Waals surface area contributed by atoms with Crippen molar-refractivity contribution in [3.05, 3.63) is 199 Å². The van der Waals surface area contributed by atoms with Crippen molar-refractivity contribution in [3.63, 3.8) is 0 Å². The molecule has 0 N–H and O–H groups in total. The van der Waals surface area contributed by atoms with Crippen molar-refractivity contribution in [3.8, 4) is 33.4 Å². The number of nitrogens with zero attached hydrogens (tertiary/aromatic N) is 3. The number of hydrogen-bond acceptors (Lipinski definition) is 4. The van der Waals surface area contributed by atoms with E-state index in [9.17, 15) is 0 Å². The normalized spacial score (nSPS) is 13.4. The predicted molar refractivity (Wildman–Crippen MR) is 265 cm³/mol. The monoisotopic (exact) mass is 823 g/mol. The zero-order chi connectivity index (χ0) is 41.6. The van der Waals surface area contributed by atoms with Gasteiger partial charge in [0.2, 0.25) is 0 Å². The third kappa shape index (κ3) is 4.77. The molecule has 0 amide bonds. The maximum absolute atomic E-state index is 6.85. The third-order valence-electron chi connectivity index (χ3n) is 13.9. The van der Waals surface area contributed by atoms with E-state index in [4.69, 9.17) is 9.40 Å². The van der Waals surface area contributed by atoms with E-state index < -0.39 is 0 Å². The van der Waals surface area contributed by atoms with Gasteiger partial charge < -0.3 is 13.7 Å². The fourth-order valence-corrected chi connectivity index (χ4v) is 11.8. The van der Waals surface area contributed by atoms with Crippen molar-refractivity contribution < 1.29 is 4.42 Å². The number of benzene rings is 9. The Balaban J connectivity index is 0.968. The van der Waals surface area contributed by atoms with Gasteiger partial charge in [-0.2, -0.15) is 0 Å². The van der Waals surface area contributed by atoms with Gasteiger partial charge in [-0.05, 0) is 88.0 Å². The van der Waals surface area contributed by atoms with Crippen LogP contribution in [0.1, 0.15) is 25.0 Å². The molecule has 63 heavy (non-hydrogen) atoms. The van der Waals surface area contributed by atoms with E-state index in [1.54, 1.807) is 11.3 Å². The van der Waals surface area contributed by atoms with Crippen molar-refractivity contribution in [1.29, 1.82) is 0 Å². The molecule has 1 aliphatic carbocycles. The molecule has 296 valence electrons. The highest BCUT2D eigenvalue weighted by Gasteiger charge is 2.36. The molecule has 0 aliphatic heterocycles. The average molecular weight is 824 g/mol. The first kappa shape index (κ1) is 34.9. The average Bonchev–Trinajstić information content (AvgIpc) is 4.15. The molecule has 5 heteroatoms. The molecule has 0 radical (unpaired) electrons. The summed E-state index contributed by atoms with van der Waals surface area (Å²) in [6, 6.07) is 66.5. The van der Waals surface area contributed by atoms with Crippen molar-refractivity contribution >= 4 is 98.6 Å². The molecule has 0 bridgehead atoms. The first-order chi connectivity index (χ1) is 31.0. The molecule has 1 aliphatic rings. The van der Waals surface area contributed by atoms with Crippen molar-refractivity contribution in [2.75, 3.05) is 4.90 Å². The molecule has 0 saturated heterocycles. The van der Waals surface area contributed by atoms with Crippen LogP contribution in [-0.4, -0.2) is 9.38 Å². The maximum Gasteiger partial charge on any atom is 0.143 e. The predicted octanol–water partition coefficient (Wildman–Crippen LogP) is 16.5. The van der Waals surface area contributed by atoms with Crippen LogP contribution in [0.5, 0.6) is 0 Å². The summed E-state index contributed by atoms with van der Waals surface area (Å²) in [6.45, 7) is 4.72. The molecular weight excluding hydrogens is 787 g/mol. The highest BCUT2D eigenvalue weighted by Crippen LogP contribution is 2.52. The fourth-order valence-electron chi connectivity index (χ4n) is 11.0. The number of rotatable bonds is 5. The van der Waals surface area contributed by atoms with Crippen LogP contribution in [0.25, 0.3) is 104 Å². The number of thiazole rings is 1. The van der Waals surface area contributed by atoms with Crippen LogP contribution in [-0.2, 0) is 5.41 Å². The Hall–Kier alpha value is -7.73. The first-order valence-electron chi connectivity index (χ1n) is 21.6. The highest BCUT2D eigenvalue weighted by molar-refractivity contribution is 7.18. The van der Waals surface area contributed by atoms with E-state index in [1.807, 2.05) is 5.51 Å². The fraction of sp³-hybridized carbons (Fsp3) is 0.0517. The number of furan rings is 1. The molecule has 4 nitrogen and oxygen atoms in total. The van der Waals surface area contributed by atoms with Crippen LogP contribution in [0.15, 0.2) is 192 Å². The number of para-hydroxylation sites is 3. The summed E-state index contributed by atoms with van der Waals surface area (Å²) in [4.78, 5) is 7.29. The number of anilines is 3. The van der Waals surface area contributed by atoms with Crippen LogP contribution < -0.4 is 4.90 Å². The van der Waals surface area contributed by atoms with Gasteiger partial charge >= 0.3 is 0 Å². The zero-order valence-corrected chi connectivity index (χ0v) is 35.4. The van der Waals surface area contributed by atoms with Gasteiger partial charge in [0.1, 0.15) is 11.2 Å². The van der Waals surface area contributed by atoms with E-state index in [0.29, 0.717) is 0 Å². The van der Waals surface area contributed by atoms with E-state index >= 15 is 0 Å². The molecule has 13 aromatic rings. The summed E-state index contributed by atoms with van der Waals surface area (Å²) in [6.07, 6.45) is 0. The maximum atomic E-state index is 6.85. The molecule has 0 unspecified atom stereocenters. The first-order valence-corrected chi connectivity index (χ1v) is 22.5. The third-order valence-corrected chi connectivity index (χ3v) is 14.7. The van der Waals surface area contributed by atoms with E-state index in [-0.39, 0.29) is 5.41 Å². The van der Waals surface area contributed by atoms with Crippen LogP contribution in [0.3, 0.4) is 0 Å². The minimum Gasteiger partial charge on any atom is -0.455 e. The van der Waals surface area contributed by atoms with E-state index in [2.05, 4.69) is 205 Å². The van der Waals surface area contributed by atoms with E-state index in [0.717, 1.165) is 66.8 Å². The van der Waals surface area contributed by atoms with Gasteiger partial charge in [-0.25, -0.2) is 4.98 Å². The highest BCUT2D eigenvalue weighted by atomic mass is 32.1. The van der Waals surface area contributed by atoms with Crippen molar-refractivity contribution in [2.24, 2.45) is 0 Å². The Morgan fingerprint density at radius 2 is 1.11 bits per heavy atom. The molecule has 9 aromatic carbocycles. The molecule has 4 heterocycles. The van der Waals surface area contributed by atoms with Gasteiger partial charge in [0.05, 0.1) is 32.3 Å². The molecule has 4 aromatic heterocycles. The van der Waals surface area contributed by atoms with Gasteiger partial charge in [-0.1, -0.05) is 141 Å². The smallest absolute Gasteiger partial charge is 0.143 e. The quantitative estimate of drug-likeness (QED) is 0.173. The SMILES string of the molecule is CC1(C)c2ccccc2-c2ccc(N(c3ccc(-c4cccc5c4oc4c(-c6ccccc6)cccc45)cc3)c3ccc4c(c3)c3c5scnc5cc5c6ccccc6n4c53)cc21. The molecular formula is C58H37N3OS. The molecule has 14 rings (SSSR count). The summed E-state index contributed by atoms with van der Waals surface area (Å²) in [5, 5.41) is 7.26. The largest absolute Gasteiger partial charge is 0.455 e. The number of hydrogen-bond donors (Lipinski definition) is 0. The minimum absolute atomic E-state index is 0.140. The summed E-state index contributed by atoms with van der Waals surface area (Å²) in [5.41, 5.74) is 21.5. The summed E-state index contributed by atoms with van der Waals surface area (Å²) < 4.78 is 10.5. The second kappa shape index (κ2) is 12.7. The number of fused-ring (bicyclic) bond motifs is 14. The van der Waals surface area contributed by atoms with Gasteiger partial charge in [-0.3, -0.25) is 0 Å². The summed E-state index contributed by atoms with van der Waals surface area (Å²) in [5.74, 6) is 0. The van der Waals surface area contributed by atoms with Crippen molar-refractivity contribution in [1.82, 2.24) is 9.38 Å². The van der Waals surface area contributed by atoms with Gasteiger partial charge in [0.25, 0.3) is 0 Å². The van der Waals surface area contributed by atoms with E-state index in [1.165, 1.54) is 65.0 Å². The topological polar surface area (TPSA) is 33.7 Å². The van der Waals surface area contributed by atoms with Gasteiger partial charge in [0.15, 0.2) is 0 Å². The Kier molecular flexibility index (Phi) is 7.02. The number of aromatic nitrogens is 2. The lowest BCUT2D eigenvalue weighted by Crippen LogP contribution is -2.16. The lowest BCUT2D eigenvalue weighted by atomic mass is 9.82. The Morgan fingerprint density at radius 3 is 1.92 bits per heavy atom. The lowest BCUT2D eigenvalue weighted by Gasteiger charge is -2.28. The van der Waals surface area contributed by atoms with Crippen LogP contribution in [0, 0.1) is 0 Å². The zero-order valence-electron chi connectivity index (χ0n) is 34.6. The summed E-state index contributed by atoms with van der Waals surface area (Å²) in [7, 11) is 0. The molecule has 0 atom stereocenters. The molecule has 0 spiro atoms. The Morgan fingerprint density at radius 1 is 0.492 bits per heavy atom. The van der Waals surface area contributed by atoms with Crippen LogP contribution in [0.2, 0.25) is 0 Å². The second-order valence-corrected chi connectivity index (χ2v) is 18.4. The molecule has 0 fully saturated rings. The van der Waals surface area contributed by atoms with Crippen LogP contribution in [0.4, 0.5) is 17.1 Å². The van der Waals surface area contributed by atoms with Gasteiger partial charge in [0, 0.05) is 65.9 Å². The Labute approximate surface area is 366 Å². The van der Waals surface area contributed by atoms with Crippen LogP contribution >= 0.6 is 11.3 Å². The minimum atomic E-state index is -0.140. The molecule has 0 saturated carbocycles. The second-order valence-electron chi connectivity index (χ2n) is 17.5. The summed E-state index contributed by atoms with van der Waals surface area (Å²) >= 11 is 1.73. The van der Waals surface area contributed by atoms with Crippen molar-refractivity contribution in [2.45, 2.75) is 19.3 Å². The standard InChI is InChI=1S/C58H37N3OS/c1-58(2)48-20-8-6-14-41(48)42-28-26-38(31-49(42)58)60(37-27-29-52-47(30-37)53-54-46(32-50-57(53)63-33-59-50)43-15-7-9-21-51(43)61(52)54)36-24-22-35(23-25-36)40-17-11-19-45-44-18-10-16-39(55(44)62-56(40)45)34-12-4-3-5-13-34/h3-33H,1-2H3. The Bertz CT molecular complexity index is 4000. The lowest BCUT2D eigenvalue weighted by molar-refractivity contribution is 0.660.